The van der Waals surface area contributed by atoms with Crippen LogP contribution in [-0.2, 0) is 131 Å². The van der Waals surface area contributed by atoms with Gasteiger partial charge in [0.2, 0.25) is 5.91 Å². The molecule has 0 aromatic heterocycles. The molecule has 0 aliphatic carbocycles. The van der Waals surface area contributed by atoms with E-state index in [1.807, 2.05) is 11.9 Å². The largest absolute Gasteiger partial charge is 0.394 e. The van der Waals surface area contributed by atoms with Crippen LogP contribution in [-0.4, -0.2) is 308 Å². The lowest BCUT2D eigenvalue weighted by Gasteiger charge is -2.42. The fourth-order valence-electron chi connectivity index (χ4n) is 9.33. The molecule has 3 aliphatic heterocycles. The molecule has 14 N–H and O–H groups in total. The zero-order valence-corrected chi connectivity index (χ0v) is 60.2. The Hall–Kier alpha value is 0.830. The average molecular weight is 1510 g/mol. The highest BCUT2D eigenvalue weighted by Crippen LogP contribution is 2.46. The molecule has 1 amide bonds. The van der Waals surface area contributed by atoms with E-state index < -0.39 is 150 Å². The molecule has 3 saturated heterocycles. The average Bonchev–Trinajstić information content (AvgIpc) is 0.862. The maximum Gasteiger partial charge on any atom is 0.324 e. The second-order valence-corrected chi connectivity index (χ2v) is 33.9. The SMILES string of the molecule is COP(O)(=S)OCCCN(C)C(COCCCOP(O)(=S)OCCCCO[C@@H]1OC(CO)[C@H](O)[C@H](O)C1C)(COCCCOP(O)(=S)OCCCCO[C@@H]1OC(CO)[C@H](O)[C@H](O)C1C)COCCCOP(O)(=S)OCCCCO[C@@H]1OC(CO)[C@H](O)[C@H](O)C1NC(C)=O. The van der Waals surface area contributed by atoms with Crippen molar-refractivity contribution in [2.24, 2.45) is 11.8 Å². The summed E-state index contributed by atoms with van der Waals surface area (Å²) in [6.45, 7) is -10.3. The Balaban J connectivity index is 1.56. The van der Waals surface area contributed by atoms with Crippen molar-refractivity contribution < 1.29 is 149 Å². The molecular weight excluding hydrogens is 1400 g/mol. The number of nitrogens with zero attached hydrogens (tertiary/aromatic N) is 1. The van der Waals surface area contributed by atoms with E-state index in [0.29, 0.717) is 51.5 Å². The fourth-order valence-corrected chi connectivity index (χ4v) is 13.7. The minimum Gasteiger partial charge on any atom is -0.394 e. The van der Waals surface area contributed by atoms with Gasteiger partial charge in [0.05, 0.1) is 104 Å². The topological polar surface area (TPSA) is 452 Å². The van der Waals surface area contributed by atoms with Gasteiger partial charge in [-0.2, -0.15) is 0 Å². The van der Waals surface area contributed by atoms with E-state index in [1.165, 1.54) is 14.0 Å². The van der Waals surface area contributed by atoms with Gasteiger partial charge in [-0.15, -0.1) is 0 Å². The van der Waals surface area contributed by atoms with Crippen molar-refractivity contribution in [1.29, 1.82) is 0 Å². The summed E-state index contributed by atoms with van der Waals surface area (Å²) in [6, 6.07) is -1.10. The Morgan fingerprint density at radius 2 is 0.753 bits per heavy atom. The first-order valence-corrected chi connectivity index (χ1v) is 41.2. The van der Waals surface area contributed by atoms with E-state index in [0.717, 1.165) is 0 Å². The van der Waals surface area contributed by atoms with E-state index in [4.69, 9.17) is 126 Å². The standard InChI is InChI=1S/C52H104N2O31P4S4/c1-36-43(59)45(61)39(30-55)83-49(36)73-20-6-9-23-77-87(66,91)80-27-13-17-70-33-52(54(4)16-12-26-76-86(65,90)69-5,34-71-18-14-28-81-88(67,92)78-24-10-7-21-74-50-37(2)44(60)46(62)40(31-56)84-50)35-72-19-15-29-82-89(68,93)79-25-11-8-22-75-51-42(53-38(3)58)48(64)47(63)41(32-57)85-51/h36-37,39-51,55-57,59-64H,6-35H2,1-5H3,(H,53,58)(H,65,90)(H,66,91)(H,67,92)(H,68,93)/t36?,37?,39?,40?,41?,42?,43-,44-,45+,46+,47+,48-,49-,50-,51-,52?,86?,87?,88?,89?/m1/s1. The van der Waals surface area contributed by atoms with Gasteiger partial charge in [-0.3, -0.25) is 9.69 Å². The van der Waals surface area contributed by atoms with Crippen LogP contribution in [0.5, 0.6) is 0 Å². The Bertz CT molecular complexity index is 2160. The third-order valence-electron chi connectivity index (χ3n) is 15.0. The molecule has 0 bridgehead atoms. The van der Waals surface area contributed by atoms with Gasteiger partial charge in [0.15, 0.2) is 18.9 Å². The summed E-state index contributed by atoms with van der Waals surface area (Å²) in [7, 11) is 3.06. The van der Waals surface area contributed by atoms with E-state index in [2.05, 4.69) is 5.32 Å². The van der Waals surface area contributed by atoms with Gasteiger partial charge in [0, 0.05) is 72.1 Å². The van der Waals surface area contributed by atoms with Crippen molar-refractivity contribution in [3.05, 3.63) is 0 Å². The first-order chi connectivity index (χ1) is 44.0. The molecule has 0 radical (unpaired) electrons. The summed E-state index contributed by atoms with van der Waals surface area (Å²) in [4.78, 5) is 56.2. The molecule has 93 heavy (non-hydrogen) atoms. The zero-order chi connectivity index (χ0) is 69.3. The summed E-state index contributed by atoms with van der Waals surface area (Å²) in [5.41, 5.74) is -1.03. The molecule has 552 valence electrons. The zero-order valence-electron chi connectivity index (χ0n) is 53.4. The molecule has 0 aromatic rings. The minimum absolute atomic E-state index is 0.00544. The summed E-state index contributed by atoms with van der Waals surface area (Å²) < 4.78 is 96.3. The molecule has 3 heterocycles. The monoisotopic (exact) mass is 1500 g/mol. The predicted octanol–water partition coefficient (Wildman–Crippen LogP) is -0.619. The van der Waals surface area contributed by atoms with Gasteiger partial charge in [0.25, 0.3) is 0 Å². The quantitative estimate of drug-likeness (QED) is 0.0267. The van der Waals surface area contributed by atoms with Crippen LogP contribution in [0, 0.1) is 11.8 Å². The number of ether oxygens (including phenoxy) is 9. The van der Waals surface area contributed by atoms with Gasteiger partial charge in [-0.1, -0.05) is 13.8 Å². The minimum atomic E-state index is -3.71. The second-order valence-electron chi connectivity index (χ2n) is 22.4. The first kappa shape index (κ1) is 88.0. The van der Waals surface area contributed by atoms with E-state index >= 15 is 0 Å². The molecule has 41 heteroatoms. The Morgan fingerprint density at radius 1 is 0.452 bits per heavy atom. The summed E-state index contributed by atoms with van der Waals surface area (Å²) >= 11 is 20.7. The van der Waals surface area contributed by atoms with Crippen molar-refractivity contribution in [2.75, 3.05) is 146 Å². The van der Waals surface area contributed by atoms with Crippen LogP contribution in [0.25, 0.3) is 0 Å². The second kappa shape index (κ2) is 46.4. The summed E-state index contributed by atoms with van der Waals surface area (Å²) in [5, 5.41) is 92.6. The highest BCUT2D eigenvalue weighted by molar-refractivity contribution is 8.08. The van der Waals surface area contributed by atoms with Gasteiger partial charge in [-0.25, -0.2) is 0 Å². The highest BCUT2D eigenvalue weighted by Gasteiger charge is 2.46. The molecule has 3 aliphatic rings. The third-order valence-corrected chi connectivity index (χ3v) is 21.6. The number of hydrogen-bond donors (Lipinski definition) is 14. The van der Waals surface area contributed by atoms with Crippen molar-refractivity contribution in [3.63, 3.8) is 0 Å². The predicted molar refractivity (Wildman–Crippen MR) is 346 cm³/mol. The molecule has 19 atom stereocenters. The van der Waals surface area contributed by atoms with E-state index in [1.54, 1.807) is 13.8 Å². The lowest BCUT2D eigenvalue weighted by Crippen LogP contribution is -2.64. The lowest BCUT2D eigenvalue weighted by molar-refractivity contribution is -0.282. The van der Waals surface area contributed by atoms with E-state index in [-0.39, 0.29) is 125 Å². The van der Waals surface area contributed by atoms with Crippen molar-refractivity contribution >= 4 is 80.0 Å². The summed E-state index contributed by atoms with van der Waals surface area (Å²) in [6.07, 6.45) is -10.0. The first-order valence-electron chi connectivity index (χ1n) is 30.8. The fraction of sp³-hybridized carbons (Fsp3) is 0.981. The number of rotatable bonds is 53. The third kappa shape index (κ3) is 33.7. The molecule has 0 spiro atoms. The smallest absolute Gasteiger partial charge is 0.324 e. The van der Waals surface area contributed by atoms with Gasteiger partial charge in [0.1, 0.15) is 48.8 Å². The highest BCUT2D eigenvalue weighted by atomic mass is 32.5. The molecule has 3 fully saturated rings. The van der Waals surface area contributed by atoms with Gasteiger partial charge < -0.3 is 150 Å². The number of nitrogens with one attached hydrogen (secondary N) is 1. The van der Waals surface area contributed by atoms with Crippen LogP contribution in [0.3, 0.4) is 0 Å². The van der Waals surface area contributed by atoms with Crippen LogP contribution < -0.4 is 5.32 Å². The number of amides is 1. The number of carbonyl (C=O) groups excluding carboxylic acids is 1. The van der Waals surface area contributed by atoms with Crippen LogP contribution in [0.1, 0.15) is 85.0 Å². The number of aliphatic hydroxyl groups is 9. The van der Waals surface area contributed by atoms with Crippen molar-refractivity contribution in [1.82, 2.24) is 10.2 Å². The summed E-state index contributed by atoms with van der Waals surface area (Å²) in [5.74, 6) is -1.59. The number of likely N-dealkylation sites (N-methyl/N-ethyl adjacent to an activating group) is 1. The van der Waals surface area contributed by atoms with Crippen LogP contribution in [0.4, 0.5) is 0 Å². The van der Waals surface area contributed by atoms with Crippen LogP contribution >= 0.6 is 26.9 Å². The molecule has 0 aromatic carbocycles. The Labute approximate surface area is 565 Å². The molecule has 33 nitrogen and oxygen atoms in total. The lowest BCUT2D eigenvalue weighted by atomic mass is 9.92. The van der Waals surface area contributed by atoms with Crippen LogP contribution in [0.2, 0.25) is 0 Å². The maximum atomic E-state index is 11.8. The number of hydrogen-bond acceptors (Lipinski definition) is 32. The Kier molecular flexibility index (Phi) is 44.0. The molecular formula is C52H104N2O31P4S4. The number of unbranched alkanes of at least 4 members (excludes halogenated alkanes) is 3. The van der Waals surface area contributed by atoms with Crippen molar-refractivity contribution in [3.8, 4) is 0 Å². The van der Waals surface area contributed by atoms with E-state index in [9.17, 15) is 70.3 Å². The van der Waals surface area contributed by atoms with Gasteiger partial charge >= 0.3 is 26.9 Å². The maximum absolute atomic E-state index is 11.8. The molecule has 0 saturated carbocycles. The van der Waals surface area contributed by atoms with Gasteiger partial charge in [-0.05, 0) is 118 Å². The number of carbonyl (C=O) groups is 1. The van der Waals surface area contributed by atoms with Crippen LogP contribution in [0.15, 0.2) is 0 Å². The number of aliphatic hydroxyl groups excluding tert-OH is 9. The molecule has 3 rings (SSSR count). The van der Waals surface area contributed by atoms with Crippen molar-refractivity contribution in [2.45, 2.75) is 170 Å². The molecule has 10 unspecified atom stereocenters. The Morgan fingerprint density at radius 3 is 1.10 bits per heavy atom. The normalized spacial score (nSPS) is 30.3.